The lowest BCUT2D eigenvalue weighted by Crippen LogP contribution is -2.33. The zero-order valence-electron chi connectivity index (χ0n) is 11.1. The molecule has 0 aliphatic heterocycles. The van der Waals surface area contributed by atoms with E-state index in [2.05, 4.69) is 30.5 Å². The zero-order valence-corrected chi connectivity index (χ0v) is 11.9. The summed E-state index contributed by atoms with van der Waals surface area (Å²) in [6, 6.07) is 2.39. The van der Waals surface area contributed by atoms with Crippen LogP contribution in [0.15, 0.2) is 6.07 Å². The zero-order chi connectivity index (χ0) is 12.8. The summed E-state index contributed by atoms with van der Waals surface area (Å²) in [4.78, 5) is 14.2. The van der Waals surface area contributed by atoms with Gasteiger partial charge in [0.1, 0.15) is 0 Å². The summed E-state index contributed by atoms with van der Waals surface area (Å²) < 4.78 is 0. The van der Waals surface area contributed by atoms with Crippen LogP contribution in [0.25, 0.3) is 0 Å². The lowest BCUT2D eigenvalue weighted by atomic mass is 10.2. The molecular formula is C13H22N2OS. The Balaban J connectivity index is 2.33. The summed E-state index contributed by atoms with van der Waals surface area (Å²) in [5, 5.41) is 6.19. The van der Waals surface area contributed by atoms with Gasteiger partial charge in [0.25, 0.3) is 0 Å². The summed E-state index contributed by atoms with van der Waals surface area (Å²) in [5.41, 5.74) is 1.31. The van der Waals surface area contributed by atoms with Gasteiger partial charge in [-0.15, -0.1) is 11.3 Å². The molecule has 0 saturated carbocycles. The first-order valence-corrected chi connectivity index (χ1v) is 6.90. The predicted octanol–water partition coefficient (Wildman–Crippen LogP) is 2.37. The minimum absolute atomic E-state index is 0.113. The fraction of sp³-hybridized carbons (Fsp3) is 0.615. The Kier molecular flexibility index (Phi) is 5.65. The van der Waals surface area contributed by atoms with Crippen molar-refractivity contribution in [3.8, 4) is 0 Å². The van der Waals surface area contributed by atoms with Crippen LogP contribution >= 0.6 is 11.3 Å². The molecule has 0 aromatic carbocycles. The summed E-state index contributed by atoms with van der Waals surface area (Å²) in [7, 11) is 0. The van der Waals surface area contributed by atoms with E-state index in [1.54, 1.807) is 11.3 Å². The van der Waals surface area contributed by atoms with E-state index >= 15 is 0 Å². The molecular weight excluding hydrogens is 232 g/mol. The van der Waals surface area contributed by atoms with Gasteiger partial charge in [-0.3, -0.25) is 4.79 Å². The number of hydrogen-bond acceptors (Lipinski definition) is 3. The van der Waals surface area contributed by atoms with Crippen molar-refractivity contribution in [3.05, 3.63) is 21.4 Å². The molecule has 0 radical (unpaired) electrons. The molecule has 1 aromatic heterocycles. The Morgan fingerprint density at radius 2 is 2.18 bits per heavy atom. The van der Waals surface area contributed by atoms with Gasteiger partial charge < -0.3 is 10.6 Å². The minimum atomic E-state index is 0.113. The van der Waals surface area contributed by atoms with E-state index in [4.69, 9.17) is 0 Å². The maximum atomic E-state index is 11.6. The first-order chi connectivity index (χ1) is 8.02. The highest BCUT2D eigenvalue weighted by Gasteiger charge is 2.08. The maximum Gasteiger partial charge on any atom is 0.221 e. The molecule has 1 rings (SSSR count). The standard InChI is InChI=1S/C13H22N2OS/c1-5-14-10(3)7-13(16)15-8-12-6-9(2)11(4)17-12/h6,10,14H,5,7-8H2,1-4H3,(H,15,16). The highest BCUT2D eigenvalue weighted by atomic mass is 32.1. The molecule has 4 heteroatoms. The van der Waals surface area contributed by atoms with Gasteiger partial charge in [0, 0.05) is 22.2 Å². The quantitative estimate of drug-likeness (QED) is 0.818. The molecule has 0 bridgehead atoms. The van der Waals surface area contributed by atoms with Crippen molar-refractivity contribution in [2.24, 2.45) is 0 Å². The van der Waals surface area contributed by atoms with Crippen LogP contribution in [0.4, 0.5) is 0 Å². The molecule has 1 amide bonds. The second kappa shape index (κ2) is 6.77. The van der Waals surface area contributed by atoms with Crippen LogP contribution in [0.2, 0.25) is 0 Å². The lowest BCUT2D eigenvalue weighted by Gasteiger charge is -2.11. The molecule has 1 aromatic rings. The van der Waals surface area contributed by atoms with Crippen LogP contribution < -0.4 is 10.6 Å². The second-order valence-corrected chi connectivity index (χ2v) is 5.73. The molecule has 0 fully saturated rings. The fourth-order valence-electron chi connectivity index (χ4n) is 1.69. The smallest absolute Gasteiger partial charge is 0.221 e. The first kappa shape index (κ1) is 14.2. The molecule has 96 valence electrons. The van der Waals surface area contributed by atoms with Gasteiger partial charge in [-0.2, -0.15) is 0 Å². The largest absolute Gasteiger partial charge is 0.351 e. The maximum absolute atomic E-state index is 11.6. The van der Waals surface area contributed by atoms with Crippen molar-refractivity contribution < 1.29 is 4.79 Å². The van der Waals surface area contributed by atoms with Crippen molar-refractivity contribution in [1.29, 1.82) is 0 Å². The normalized spacial score (nSPS) is 12.5. The summed E-state index contributed by atoms with van der Waals surface area (Å²) in [6.07, 6.45) is 0.539. The van der Waals surface area contributed by atoms with Gasteiger partial charge in [-0.05, 0) is 38.9 Å². The van der Waals surface area contributed by atoms with E-state index in [1.165, 1.54) is 15.3 Å². The van der Waals surface area contributed by atoms with Crippen molar-refractivity contribution >= 4 is 17.2 Å². The third kappa shape index (κ3) is 4.88. The van der Waals surface area contributed by atoms with Crippen molar-refractivity contribution in [3.63, 3.8) is 0 Å². The molecule has 1 heterocycles. The number of rotatable bonds is 6. The summed E-state index contributed by atoms with van der Waals surface area (Å²) >= 11 is 1.76. The predicted molar refractivity (Wildman–Crippen MR) is 73.4 cm³/mol. The van der Waals surface area contributed by atoms with Crippen LogP contribution in [0.1, 0.15) is 35.6 Å². The van der Waals surface area contributed by atoms with Crippen LogP contribution in [-0.2, 0) is 11.3 Å². The van der Waals surface area contributed by atoms with Crippen LogP contribution in [0, 0.1) is 13.8 Å². The van der Waals surface area contributed by atoms with E-state index in [0.29, 0.717) is 13.0 Å². The van der Waals surface area contributed by atoms with Crippen LogP contribution in [0.3, 0.4) is 0 Å². The van der Waals surface area contributed by atoms with Crippen LogP contribution in [-0.4, -0.2) is 18.5 Å². The van der Waals surface area contributed by atoms with Gasteiger partial charge in [0.05, 0.1) is 6.54 Å². The van der Waals surface area contributed by atoms with Gasteiger partial charge in [0.15, 0.2) is 0 Å². The number of nitrogens with one attached hydrogen (secondary N) is 2. The topological polar surface area (TPSA) is 41.1 Å². The van der Waals surface area contributed by atoms with E-state index in [1.807, 2.05) is 13.8 Å². The van der Waals surface area contributed by atoms with Crippen LogP contribution in [0.5, 0.6) is 0 Å². The molecule has 3 nitrogen and oxygen atoms in total. The number of aryl methyl sites for hydroxylation is 2. The van der Waals surface area contributed by atoms with E-state index < -0.39 is 0 Å². The number of amides is 1. The van der Waals surface area contributed by atoms with Crippen molar-refractivity contribution in [2.75, 3.05) is 6.54 Å². The molecule has 0 aliphatic rings. The molecule has 0 saturated heterocycles. The molecule has 0 spiro atoms. The number of carbonyl (C=O) groups is 1. The minimum Gasteiger partial charge on any atom is -0.351 e. The molecule has 17 heavy (non-hydrogen) atoms. The molecule has 1 unspecified atom stereocenters. The number of hydrogen-bond donors (Lipinski definition) is 2. The van der Waals surface area contributed by atoms with E-state index in [0.717, 1.165) is 6.54 Å². The van der Waals surface area contributed by atoms with Crippen molar-refractivity contribution in [1.82, 2.24) is 10.6 Å². The third-order valence-corrected chi connectivity index (χ3v) is 3.87. The molecule has 2 N–H and O–H groups in total. The SMILES string of the molecule is CCNC(C)CC(=O)NCc1cc(C)c(C)s1. The average molecular weight is 254 g/mol. The van der Waals surface area contributed by atoms with Gasteiger partial charge in [0.2, 0.25) is 5.91 Å². The van der Waals surface area contributed by atoms with Gasteiger partial charge in [-0.25, -0.2) is 0 Å². The van der Waals surface area contributed by atoms with Crippen molar-refractivity contribution in [2.45, 2.75) is 46.7 Å². The first-order valence-electron chi connectivity index (χ1n) is 6.09. The molecule has 0 aliphatic carbocycles. The Morgan fingerprint density at radius 1 is 1.47 bits per heavy atom. The monoisotopic (exact) mass is 254 g/mol. The Labute approximate surface area is 108 Å². The Morgan fingerprint density at radius 3 is 2.71 bits per heavy atom. The van der Waals surface area contributed by atoms with Gasteiger partial charge >= 0.3 is 0 Å². The number of thiophene rings is 1. The second-order valence-electron chi connectivity index (χ2n) is 4.39. The lowest BCUT2D eigenvalue weighted by molar-refractivity contribution is -0.121. The Bertz CT molecular complexity index is 354. The van der Waals surface area contributed by atoms with E-state index in [9.17, 15) is 4.79 Å². The van der Waals surface area contributed by atoms with E-state index in [-0.39, 0.29) is 11.9 Å². The van der Waals surface area contributed by atoms with Gasteiger partial charge in [-0.1, -0.05) is 6.92 Å². The number of carbonyl (C=O) groups excluding carboxylic acids is 1. The molecule has 1 atom stereocenters. The Hall–Kier alpha value is -0.870. The summed E-state index contributed by atoms with van der Waals surface area (Å²) in [5.74, 6) is 0.113. The highest BCUT2D eigenvalue weighted by molar-refractivity contribution is 7.12. The highest BCUT2D eigenvalue weighted by Crippen LogP contribution is 2.20. The average Bonchev–Trinajstić information content (AvgIpc) is 2.56. The fourth-order valence-corrected chi connectivity index (χ4v) is 2.69. The summed E-state index contributed by atoms with van der Waals surface area (Å²) in [6.45, 7) is 9.84. The third-order valence-electron chi connectivity index (χ3n) is 2.72.